The van der Waals surface area contributed by atoms with Crippen molar-refractivity contribution in [1.82, 2.24) is 0 Å². The maximum absolute atomic E-state index is 12.5. The molecule has 0 aliphatic heterocycles. The van der Waals surface area contributed by atoms with E-state index in [-0.39, 0.29) is 17.9 Å². The minimum absolute atomic E-state index is 0.0215. The third kappa shape index (κ3) is 4.41. The van der Waals surface area contributed by atoms with Crippen LogP contribution in [0.5, 0.6) is 0 Å². The minimum Gasteiger partial charge on any atom is -0.302 e. The molecule has 0 aromatic heterocycles. The molecule has 0 aliphatic carbocycles. The van der Waals surface area contributed by atoms with Crippen LogP contribution in [-0.4, -0.2) is 11.7 Å². The molecule has 106 valence electrons. The Morgan fingerprint density at radius 3 is 1.74 bits per heavy atom. The topological polar surface area (TPSA) is 17.1 Å². The summed E-state index contributed by atoms with van der Waals surface area (Å²) < 4.78 is 74.9. The molecule has 8 heteroatoms. The van der Waals surface area contributed by atoms with Crippen LogP contribution in [0.1, 0.15) is 16.7 Å². The van der Waals surface area contributed by atoms with E-state index in [1.165, 1.54) is 0 Å². The zero-order valence-corrected chi connectivity index (χ0v) is 9.90. The molecule has 0 spiro atoms. The fourth-order valence-corrected chi connectivity index (χ4v) is 1.59. The van der Waals surface area contributed by atoms with Crippen molar-refractivity contribution >= 4 is 17.9 Å². The van der Waals surface area contributed by atoms with Crippen molar-refractivity contribution in [3.63, 3.8) is 0 Å². The van der Waals surface area contributed by atoms with E-state index in [9.17, 15) is 31.1 Å². The first-order valence-corrected chi connectivity index (χ1v) is 5.35. The molecule has 1 atom stereocenters. The van der Waals surface area contributed by atoms with E-state index < -0.39 is 35.3 Å². The molecule has 0 saturated heterocycles. The van der Waals surface area contributed by atoms with Crippen LogP contribution in [0, 0.1) is 0 Å². The molecule has 0 radical (unpaired) electrons. The number of halogens is 7. The number of carbonyl (C=O) groups excluding carboxylic acids is 1. The number of rotatable bonds is 3. The van der Waals surface area contributed by atoms with Crippen molar-refractivity contribution < 1.29 is 31.1 Å². The van der Waals surface area contributed by atoms with Crippen LogP contribution in [0.4, 0.5) is 26.3 Å². The third-order valence-corrected chi connectivity index (χ3v) is 2.48. The second kappa shape index (κ2) is 5.40. The summed E-state index contributed by atoms with van der Waals surface area (Å²) in [6.45, 7) is 0. The van der Waals surface area contributed by atoms with Gasteiger partial charge in [0, 0.05) is 0 Å². The van der Waals surface area contributed by atoms with Crippen LogP contribution < -0.4 is 0 Å². The Balaban J connectivity index is 3.28. The first-order valence-electron chi connectivity index (χ1n) is 4.91. The molecule has 1 unspecified atom stereocenters. The quantitative estimate of drug-likeness (QED) is 0.467. The summed E-state index contributed by atoms with van der Waals surface area (Å²) in [4.78, 5) is 10.3. The van der Waals surface area contributed by atoms with Crippen molar-refractivity contribution in [2.75, 3.05) is 0 Å². The normalized spacial score (nSPS) is 14.3. The highest BCUT2D eigenvalue weighted by atomic mass is 35.5. The molecule has 1 nitrogen and oxygen atoms in total. The van der Waals surface area contributed by atoms with E-state index in [0.717, 1.165) is 0 Å². The summed E-state index contributed by atoms with van der Waals surface area (Å²) in [6, 6.07) is 1.12. The van der Waals surface area contributed by atoms with Gasteiger partial charge in [0.2, 0.25) is 0 Å². The molecule has 0 heterocycles. The van der Waals surface area contributed by atoms with Gasteiger partial charge in [-0.15, -0.1) is 11.6 Å². The molecule has 0 saturated carbocycles. The first-order chi connectivity index (χ1) is 8.54. The predicted molar refractivity (Wildman–Crippen MR) is 55.9 cm³/mol. The van der Waals surface area contributed by atoms with Crippen molar-refractivity contribution in [2.24, 2.45) is 0 Å². The van der Waals surface area contributed by atoms with Crippen molar-refractivity contribution in [3.8, 4) is 0 Å². The highest BCUT2D eigenvalue weighted by Crippen LogP contribution is 2.36. The average Bonchev–Trinajstić information content (AvgIpc) is 2.26. The lowest BCUT2D eigenvalue weighted by molar-refractivity contribution is -0.143. The maximum Gasteiger partial charge on any atom is 0.416 e. The standard InChI is InChI=1S/C11H7ClF6O/c12-9(5-19)3-6-1-7(10(13,14)15)4-8(2-6)11(16,17)18/h1-2,4-5,9H,3H2. The highest BCUT2D eigenvalue weighted by Gasteiger charge is 2.36. The number of alkyl halides is 7. The summed E-state index contributed by atoms with van der Waals surface area (Å²) >= 11 is 5.40. The molecule has 0 fully saturated rings. The average molecular weight is 305 g/mol. The molecular formula is C11H7ClF6O. The fourth-order valence-electron chi connectivity index (χ4n) is 1.41. The molecular weight excluding hydrogens is 298 g/mol. The number of hydrogen-bond acceptors (Lipinski definition) is 1. The van der Waals surface area contributed by atoms with Crippen molar-refractivity contribution in [3.05, 3.63) is 34.9 Å². The van der Waals surface area contributed by atoms with Crippen LogP contribution >= 0.6 is 11.6 Å². The summed E-state index contributed by atoms with van der Waals surface area (Å²) in [6.07, 6.45) is -9.97. The Hall–Kier alpha value is -1.24. The van der Waals surface area contributed by atoms with Gasteiger partial charge in [-0.3, -0.25) is 0 Å². The third-order valence-electron chi connectivity index (χ3n) is 2.23. The molecule has 0 bridgehead atoms. The first kappa shape index (κ1) is 15.8. The minimum atomic E-state index is -4.90. The van der Waals surface area contributed by atoms with Gasteiger partial charge in [0.05, 0.1) is 16.5 Å². The molecule has 1 rings (SSSR count). The van der Waals surface area contributed by atoms with E-state index in [0.29, 0.717) is 12.1 Å². The van der Waals surface area contributed by atoms with Gasteiger partial charge in [0.15, 0.2) is 0 Å². The SMILES string of the molecule is O=CC(Cl)Cc1cc(C(F)(F)F)cc(C(F)(F)F)c1. The smallest absolute Gasteiger partial charge is 0.302 e. The van der Waals surface area contributed by atoms with Gasteiger partial charge in [-0.25, -0.2) is 0 Å². The van der Waals surface area contributed by atoms with E-state index in [1.54, 1.807) is 0 Å². The zero-order chi connectivity index (χ0) is 14.8. The zero-order valence-electron chi connectivity index (χ0n) is 9.15. The van der Waals surface area contributed by atoms with Crippen LogP contribution in [-0.2, 0) is 23.6 Å². The summed E-state index contributed by atoms with van der Waals surface area (Å²) in [7, 11) is 0. The Bertz CT molecular complexity index is 433. The summed E-state index contributed by atoms with van der Waals surface area (Å²) in [5.74, 6) is 0. The van der Waals surface area contributed by atoms with Crippen LogP contribution in [0.3, 0.4) is 0 Å². The second-order valence-corrected chi connectivity index (χ2v) is 4.33. The molecule has 19 heavy (non-hydrogen) atoms. The Morgan fingerprint density at radius 1 is 1.00 bits per heavy atom. The van der Waals surface area contributed by atoms with E-state index in [2.05, 4.69) is 0 Å². The van der Waals surface area contributed by atoms with Gasteiger partial charge in [0.1, 0.15) is 6.29 Å². The Labute approximate surface area is 109 Å². The number of aldehydes is 1. The summed E-state index contributed by atoms with van der Waals surface area (Å²) in [5.41, 5.74) is -3.14. The monoisotopic (exact) mass is 304 g/mol. The van der Waals surface area contributed by atoms with Crippen molar-refractivity contribution in [1.29, 1.82) is 0 Å². The molecule has 0 amide bonds. The maximum atomic E-state index is 12.5. The fraction of sp³-hybridized carbons (Fsp3) is 0.364. The van der Waals surface area contributed by atoms with E-state index >= 15 is 0 Å². The Kier molecular flexibility index (Phi) is 4.50. The van der Waals surface area contributed by atoms with Crippen LogP contribution in [0.25, 0.3) is 0 Å². The lowest BCUT2D eigenvalue weighted by Crippen LogP contribution is -2.13. The van der Waals surface area contributed by atoms with Gasteiger partial charge in [-0.2, -0.15) is 26.3 Å². The predicted octanol–water partition coefficient (Wildman–Crippen LogP) is 4.07. The number of benzene rings is 1. The van der Waals surface area contributed by atoms with Gasteiger partial charge in [-0.05, 0) is 30.2 Å². The Morgan fingerprint density at radius 2 is 1.42 bits per heavy atom. The van der Waals surface area contributed by atoms with Gasteiger partial charge in [0.25, 0.3) is 0 Å². The van der Waals surface area contributed by atoms with Crippen molar-refractivity contribution in [2.45, 2.75) is 24.2 Å². The summed E-state index contributed by atoms with van der Waals surface area (Å²) in [5, 5.41) is -1.18. The second-order valence-electron chi connectivity index (χ2n) is 3.77. The number of hydrogen-bond donors (Lipinski definition) is 0. The van der Waals surface area contributed by atoms with Gasteiger partial charge in [-0.1, -0.05) is 0 Å². The van der Waals surface area contributed by atoms with E-state index in [4.69, 9.17) is 11.6 Å². The largest absolute Gasteiger partial charge is 0.416 e. The lowest BCUT2D eigenvalue weighted by atomic mass is 10.0. The van der Waals surface area contributed by atoms with Crippen LogP contribution in [0.2, 0.25) is 0 Å². The molecule has 0 aliphatic rings. The van der Waals surface area contributed by atoms with Gasteiger partial charge >= 0.3 is 12.4 Å². The lowest BCUT2D eigenvalue weighted by Gasteiger charge is -2.14. The highest BCUT2D eigenvalue weighted by molar-refractivity contribution is 6.27. The van der Waals surface area contributed by atoms with E-state index in [1.807, 2.05) is 0 Å². The number of carbonyl (C=O) groups is 1. The van der Waals surface area contributed by atoms with Gasteiger partial charge < -0.3 is 4.79 Å². The molecule has 1 aromatic carbocycles. The molecule has 0 N–H and O–H groups in total. The van der Waals surface area contributed by atoms with Crippen LogP contribution in [0.15, 0.2) is 18.2 Å². The molecule has 1 aromatic rings.